The Morgan fingerprint density at radius 3 is 2.93 bits per heavy atom. The van der Waals surface area contributed by atoms with E-state index in [9.17, 15) is 4.79 Å². The van der Waals surface area contributed by atoms with Crippen LogP contribution in [0.15, 0.2) is 18.2 Å². The van der Waals surface area contributed by atoms with Crippen molar-refractivity contribution in [1.82, 2.24) is 0 Å². The molecule has 1 aromatic carbocycles. The maximum absolute atomic E-state index is 10.6. The summed E-state index contributed by atoms with van der Waals surface area (Å²) in [6, 6.07) is 6.47. The fourth-order valence-electron chi connectivity index (χ4n) is 2.24. The molecule has 0 aromatic heterocycles. The maximum Gasteiger partial charge on any atom is 0.139 e. The lowest BCUT2D eigenvalue weighted by atomic mass is 9.87. The number of nitrogens with zero attached hydrogens (tertiary/aromatic N) is 1. The van der Waals surface area contributed by atoms with Crippen molar-refractivity contribution in [3.63, 3.8) is 0 Å². The summed E-state index contributed by atoms with van der Waals surface area (Å²) in [6.45, 7) is 5.88. The van der Waals surface area contributed by atoms with Crippen LogP contribution in [0.3, 0.4) is 0 Å². The van der Waals surface area contributed by atoms with E-state index in [2.05, 4.69) is 59.5 Å². The molecule has 0 fully saturated rings. The first-order chi connectivity index (χ1) is 7.04. The number of halogens is 1. The van der Waals surface area contributed by atoms with Crippen LogP contribution in [0.4, 0.5) is 5.69 Å². The van der Waals surface area contributed by atoms with E-state index in [0.29, 0.717) is 6.54 Å². The summed E-state index contributed by atoms with van der Waals surface area (Å²) in [5.74, 6) is 0. The number of carbonyl (C=O) groups is 1. The zero-order chi connectivity index (χ0) is 11.1. The van der Waals surface area contributed by atoms with Crippen LogP contribution in [0.25, 0.3) is 0 Å². The van der Waals surface area contributed by atoms with Gasteiger partial charge in [-0.1, -0.05) is 19.9 Å². The Balaban J connectivity index is 2.48. The number of rotatable bonds is 2. The molecule has 0 radical (unpaired) electrons. The van der Waals surface area contributed by atoms with Gasteiger partial charge in [0.2, 0.25) is 0 Å². The van der Waals surface area contributed by atoms with E-state index in [4.69, 9.17) is 0 Å². The Bertz CT molecular complexity index is 401. The van der Waals surface area contributed by atoms with E-state index in [-0.39, 0.29) is 5.41 Å². The molecule has 1 heterocycles. The number of benzene rings is 1. The van der Waals surface area contributed by atoms with Gasteiger partial charge in [0.05, 0.1) is 6.54 Å². The van der Waals surface area contributed by atoms with Gasteiger partial charge in [-0.05, 0) is 40.3 Å². The minimum atomic E-state index is 0.155. The Kier molecular flexibility index (Phi) is 2.75. The Labute approximate surface area is 104 Å². The second kappa shape index (κ2) is 3.77. The molecular formula is C12H14INO. The molecule has 0 unspecified atom stereocenters. The largest absolute Gasteiger partial charge is 0.363 e. The van der Waals surface area contributed by atoms with Gasteiger partial charge in [-0.2, -0.15) is 0 Å². The topological polar surface area (TPSA) is 20.3 Å². The zero-order valence-electron chi connectivity index (χ0n) is 8.96. The average Bonchev–Trinajstić information content (AvgIpc) is 2.39. The van der Waals surface area contributed by atoms with E-state index in [1.807, 2.05) is 0 Å². The van der Waals surface area contributed by atoms with Crippen molar-refractivity contribution in [1.29, 1.82) is 0 Å². The van der Waals surface area contributed by atoms with Crippen LogP contribution in [-0.2, 0) is 10.2 Å². The van der Waals surface area contributed by atoms with Crippen LogP contribution < -0.4 is 4.90 Å². The van der Waals surface area contributed by atoms with Gasteiger partial charge in [0, 0.05) is 21.2 Å². The van der Waals surface area contributed by atoms with Gasteiger partial charge in [0.25, 0.3) is 0 Å². The molecule has 2 nitrogen and oxygen atoms in total. The predicted octanol–water partition coefficient (Wildman–Crippen LogP) is 2.59. The van der Waals surface area contributed by atoms with Gasteiger partial charge in [-0.3, -0.25) is 0 Å². The highest BCUT2D eigenvalue weighted by molar-refractivity contribution is 14.1. The molecule has 0 saturated carbocycles. The third kappa shape index (κ3) is 1.89. The lowest BCUT2D eigenvalue weighted by Crippen LogP contribution is -2.29. The summed E-state index contributed by atoms with van der Waals surface area (Å²) in [5, 5.41) is 0. The summed E-state index contributed by atoms with van der Waals surface area (Å²) in [6.07, 6.45) is 0.977. The number of aldehydes is 1. The standard InChI is InChI=1S/C12H14INO/c1-12(2)8-14(5-6-15)11-7-9(13)3-4-10(11)12/h3-4,6-7H,5,8H2,1-2H3. The molecule has 1 aromatic rings. The smallest absolute Gasteiger partial charge is 0.139 e. The van der Waals surface area contributed by atoms with Crippen LogP contribution in [0.2, 0.25) is 0 Å². The molecule has 0 saturated heterocycles. The first-order valence-corrected chi connectivity index (χ1v) is 6.11. The lowest BCUT2D eigenvalue weighted by molar-refractivity contribution is -0.106. The summed E-state index contributed by atoms with van der Waals surface area (Å²) >= 11 is 2.31. The van der Waals surface area contributed by atoms with Crippen LogP contribution in [0, 0.1) is 3.57 Å². The van der Waals surface area contributed by atoms with Gasteiger partial charge >= 0.3 is 0 Å². The highest BCUT2D eigenvalue weighted by Gasteiger charge is 2.34. The number of carbonyl (C=O) groups excluding carboxylic acids is 1. The molecule has 0 aliphatic carbocycles. The molecule has 2 rings (SSSR count). The van der Waals surface area contributed by atoms with Crippen LogP contribution in [0.1, 0.15) is 19.4 Å². The highest BCUT2D eigenvalue weighted by atomic mass is 127. The molecule has 3 heteroatoms. The van der Waals surface area contributed by atoms with E-state index < -0.39 is 0 Å². The Morgan fingerprint density at radius 1 is 1.53 bits per heavy atom. The summed E-state index contributed by atoms with van der Waals surface area (Å²) in [7, 11) is 0. The third-order valence-electron chi connectivity index (χ3n) is 2.91. The lowest BCUT2D eigenvalue weighted by Gasteiger charge is -2.20. The van der Waals surface area contributed by atoms with Crippen LogP contribution in [0.5, 0.6) is 0 Å². The van der Waals surface area contributed by atoms with E-state index in [0.717, 1.165) is 12.8 Å². The van der Waals surface area contributed by atoms with E-state index in [1.54, 1.807) is 0 Å². The Hall–Kier alpha value is -0.580. The molecule has 0 atom stereocenters. The van der Waals surface area contributed by atoms with Crippen LogP contribution >= 0.6 is 22.6 Å². The molecular weight excluding hydrogens is 301 g/mol. The van der Waals surface area contributed by atoms with Crippen molar-refractivity contribution in [3.8, 4) is 0 Å². The fourth-order valence-corrected chi connectivity index (χ4v) is 2.71. The molecule has 15 heavy (non-hydrogen) atoms. The number of fused-ring (bicyclic) bond motifs is 1. The Morgan fingerprint density at radius 2 is 2.27 bits per heavy atom. The van der Waals surface area contributed by atoms with Crippen molar-refractivity contribution in [2.75, 3.05) is 18.0 Å². The van der Waals surface area contributed by atoms with Crippen molar-refractivity contribution in [2.45, 2.75) is 19.3 Å². The van der Waals surface area contributed by atoms with E-state index >= 15 is 0 Å². The van der Waals surface area contributed by atoms with Crippen LogP contribution in [-0.4, -0.2) is 19.4 Å². The first kappa shape index (κ1) is 10.9. The maximum atomic E-state index is 10.6. The summed E-state index contributed by atoms with van der Waals surface area (Å²) in [5.41, 5.74) is 2.73. The van der Waals surface area contributed by atoms with Crippen molar-refractivity contribution in [2.24, 2.45) is 0 Å². The number of hydrogen-bond acceptors (Lipinski definition) is 2. The molecule has 1 aliphatic rings. The summed E-state index contributed by atoms with van der Waals surface area (Å²) in [4.78, 5) is 12.8. The minimum absolute atomic E-state index is 0.155. The molecule has 0 amide bonds. The van der Waals surface area contributed by atoms with Crippen molar-refractivity contribution in [3.05, 3.63) is 27.3 Å². The molecule has 0 N–H and O–H groups in total. The summed E-state index contributed by atoms with van der Waals surface area (Å²) < 4.78 is 1.22. The monoisotopic (exact) mass is 315 g/mol. The first-order valence-electron chi connectivity index (χ1n) is 5.03. The average molecular weight is 315 g/mol. The second-order valence-corrected chi connectivity index (χ2v) is 5.84. The van der Waals surface area contributed by atoms with Crippen molar-refractivity contribution >= 4 is 34.6 Å². The fraction of sp³-hybridized carbons (Fsp3) is 0.417. The molecule has 1 aliphatic heterocycles. The SMILES string of the molecule is CC1(C)CN(CC=O)c2cc(I)ccc21. The number of anilines is 1. The number of hydrogen-bond donors (Lipinski definition) is 0. The van der Waals surface area contributed by atoms with Gasteiger partial charge in [-0.15, -0.1) is 0 Å². The van der Waals surface area contributed by atoms with E-state index in [1.165, 1.54) is 14.8 Å². The molecule has 0 bridgehead atoms. The predicted molar refractivity (Wildman–Crippen MR) is 70.5 cm³/mol. The van der Waals surface area contributed by atoms with Gasteiger partial charge in [0.15, 0.2) is 0 Å². The highest BCUT2D eigenvalue weighted by Crippen LogP contribution is 2.40. The minimum Gasteiger partial charge on any atom is -0.363 e. The van der Waals surface area contributed by atoms with Gasteiger partial charge in [0.1, 0.15) is 6.29 Å². The molecule has 0 spiro atoms. The normalized spacial score (nSPS) is 17.7. The van der Waals surface area contributed by atoms with Gasteiger partial charge < -0.3 is 9.69 Å². The third-order valence-corrected chi connectivity index (χ3v) is 3.58. The second-order valence-electron chi connectivity index (χ2n) is 4.59. The van der Waals surface area contributed by atoms with Crippen molar-refractivity contribution < 1.29 is 4.79 Å². The molecule has 80 valence electrons. The quantitative estimate of drug-likeness (QED) is 0.618. The van der Waals surface area contributed by atoms with Gasteiger partial charge in [-0.25, -0.2) is 0 Å². The zero-order valence-corrected chi connectivity index (χ0v) is 11.1.